The van der Waals surface area contributed by atoms with Crippen molar-refractivity contribution in [1.82, 2.24) is 0 Å². The molecular weight excluding hydrogens is 244 g/mol. The fourth-order valence-electron chi connectivity index (χ4n) is 1.55. The van der Waals surface area contributed by atoms with Crippen LogP contribution in [0, 0.1) is 0 Å². The van der Waals surface area contributed by atoms with Crippen molar-refractivity contribution in [2.24, 2.45) is 0 Å². The van der Waals surface area contributed by atoms with E-state index >= 15 is 0 Å². The monoisotopic (exact) mass is 250 g/mol. The zero-order valence-corrected chi connectivity index (χ0v) is 9.72. The highest BCUT2D eigenvalue weighted by Gasteiger charge is 2.32. The normalized spacial score (nSPS) is 16.0. The van der Waals surface area contributed by atoms with E-state index in [0.717, 1.165) is 17.6 Å². The summed E-state index contributed by atoms with van der Waals surface area (Å²) < 4.78 is 23.3. The number of hydrogen-bond donors (Lipinski definition) is 0. The summed E-state index contributed by atoms with van der Waals surface area (Å²) in [6.07, 6.45) is 2.04. The summed E-state index contributed by atoms with van der Waals surface area (Å²) in [4.78, 5) is 11.4. The highest BCUT2D eigenvalue weighted by Crippen LogP contribution is 2.40. The molecular formula is C8H7ClO3S2. The van der Waals surface area contributed by atoms with Crippen LogP contribution < -0.4 is 0 Å². The number of sulfone groups is 1. The van der Waals surface area contributed by atoms with Gasteiger partial charge in [-0.05, 0) is 12.0 Å². The average Bonchev–Trinajstić information content (AvgIpc) is 2.54. The van der Waals surface area contributed by atoms with Crippen molar-refractivity contribution in [3.63, 3.8) is 0 Å². The van der Waals surface area contributed by atoms with E-state index < -0.39 is 9.84 Å². The molecule has 0 fully saturated rings. The van der Waals surface area contributed by atoms with Crippen molar-refractivity contribution >= 4 is 38.6 Å². The van der Waals surface area contributed by atoms with Crippen molar-refractivity contribution < 1.29 is 13.2 Å². The Kier molecular flexibility index (Phi) is 2.21. The van der Waals surface area contributed by atoms with Crippen LogP contribution in [0.25, 0.3) is 0 Å². The first kappa shape index (κ1) is 10.1. The molecule has 76 valence electrons. The van der Waals surface area contributed by atoms with E-state index in [1.54, 1.807) is 0 Å². The Morgan fingerprint density at radius 2 is 2.00 bits per heavy atom. The van der Waals surface area contributed by atoms with E-state index in [2.05, 4.69) is 0 Å². The predicted molar refractivity (Wildman–Crippen MR) is 55.1 cm³/mol. The minimum atomic E-state index is -3.33. The molecule has 0 bridgehead atoms. The van der Waals surface area contributed by atoms with Gasteiger partial charge in [0.1, 0.15) is 4.21 Å². The first-order chi connectivity index (χ1) is 6.41. The Hall–Kier alpha value is -0.390. The summed E-state index contributed by atoms with van der Waals surface area (Å²) >= 11 is 6.85. The molecule has 0 aromatic carbocycles. The van der Waals surface area contributed by atoms with Gasteiger partial charge in [0.2, 0.25) is 0 Å². The number of hydrogen-bond acceptors (Lipinski definition) is 4. The number of halogens is 1. The number of rotatable bonds is 1. The Labute approximate surface area is 90.6 Å². The first-order valence-corrected chi connectivity index (χ1v) is 7.04. The van der Waals surface area contributed by atoms with Crippen LogP contribution in [0.2, 0.25) is 4.34 Å². The molecule has 1 aromatic rings. The summed E-state index contributed by atoms with van der Waals surface area (Å²) in [6, 6.07) is 0. The van der Waals surface area contributed by atoms with Gasteiger partial charge in [-0.25, -0.2) is 8.42 Å². The molecule has 0 saturated carbocycles. The highest BCUT2D eigenvalue weighted by atomic mass is 35.5. The third-order valence-electron chi connectivity index (χ3n) is 2.14. The lowest BCUT2D eigenvalue weighted by atomic mass is 10.2. The van der Waals surface area contributed by atoms with E-state index in [9.17, 15) is 13.2 Å². The first-order valence-electron chi connectivity index (χ1n) is 3.95. The minimum absolute atomic E-state index is 0.108. The van der Waals surface area contributed by atoms with Gasteiger partial charge >= 0.3 is 0 Å². The quantitative estimate of drug-likeness (QED) is 0.765. The zero-order valence-electron chi connectivity index (χ0n) is 7.33. The number of thiophene rings is 1. The Morgan fingerprint density at radius 1 is 1.36 bits per heavy atom. The maximum atomic E-state index is 11.4. The van der Waals surface area contributed by atoms with Crippen molar-refractivity contribution in [3.8, 4) is 0 Å². The maximum Gasteiger partial charge on any atom is 0.185 e. The molecule has 0 atom stereocenters. The van der Waals surface area contributed by atoms with Crippen LogP contribution >= 0.6 is 22.9 Å². The molecule has 0 radical (unpaired) electrons. The minimum Gasteiger partial charge on any atom is -0.294 e. The van der Waals surface area contributed by atoms with E-state index in [0.29, 0.717) is 28.3 Å². The molecule has 6 heteroatoms. The molecule has 0 unspecified atom stereocenters. The molecule has 1 aliphatic rings. The number of carbonyl (C=O) groups is 1. The van der Waals surface area contributed by atoms with E-state index in [-0.39, 0.29) is 9.99 Å². The summed E-state index contributed by atoms with van der Waals surface area (Å²) in [5.74, 6) is -0.108. The van der Waals surface area contributed by atoms with Crippen LogP contribution in [0.5, 0.6) is 0 Å². The van der Waals surface area contributed by atoms with Crippen LogP contribution in [-0.4, -0.2) is 20.5 Å². The lowest BCUT2D eigenvalue weighted by Gasteiger charge is -1.94. The predicted octanol–water partition coefficient (Wildman–Crippen LogP) is 1.93. The standard InChI is InChI=1S/C8H7ClO3S2/c1-14(11,12)8-6-4(7(9)13-8)2-3-5(6)10/h2-3H2,1H3. The van der Waals surface area contributed by atoms with Crippen LogP contribution in [-0.2, 0) is 16.3 Å². The SMILES string of the molecule is CS(=O)(=O)c1sc(Cl)c2c1C(=O)CC2. The topological polar surface area (TPSA) is 51.2 Å². The third-order valence-corrected chi connectivity index (χ3v) is 5.45. The summed E-state index contributed by atoms with van der Waals surface area (Å²) in [6.45, 7) is 0. The van der Waals surface area contributed by atoms with Gasteiger partial charge in [0.25, 0.3) is 0 Å². The Morgan fingerprint density at radius 3 is 2.57 bits per heavy atom. The van der Waals surface area contributed by atoms with Gasteiger partial charge in [0.05, 0.1) is 9.90 Å². The summed E-state index contributed by atoms with van der Waals surface area (Å²) in [7, 11) is -3.33. The molecule has 1 aromatic heterocycles. The molecule has 0 saturated heterocycles. The van der Waals surface area contributed by atoms with Crippen molar-refractivity contribution in [2.75, 3.05) is 6.26 Å². The van der Waals surface area contributed by atoms with Gasteiger partial charge in [0.15, 0.2) is 15.6 Å². The molecule has 0 N–H and O–H groups in total. The highest BCUT2D eigenvalue weighted by molar-refractivity contribution is 7.93. The Bertz CT molecular complexity index is 513. The fraction of sp³-hybridized carbons (Fsp3) is 0.375. The molecule has 1 heterocycles. The zero-order chi connectivity index (χ0) is 10.5. The van der Waals surface area contributed by atoms with Gasteiger partial charge < -0.3 is 0 Å². The lowest BCUT2D eigenvalue weighted by Crippen LogP contribution is -2.01. The maximum absolute atomic E-state index is 11.4. The van der Waals surface area contributed by atoms with E-state index in [4.69, 9.17) is 11.6 Å². The van der Waals surface area contributed by atoms with Crippen molar-refractivity contribution in [2.45, 2.75) is 17.1 Å². The van der Waals surface area contributed by atoms with Crippen LogP contribution in [0.15, 0.2) is 4.21 Å². The van der Waals surface area contributed by atoms with Gasteiger partial charge in [-0.2, -0.15) is 0 Å². The summed E-state index contributed by atoms with van der Waals surface area (Å²) in [5, 5.41) is 0. The van der Waals surface area contributed by atoms with E-state index in [1.807, 2.05) is 0 Å². The molecule has 0 amide bonds. The number of carbonyl (C=O) groups excluding carboxylic acids is 1. The lowest BCUT2D eigenvalue weighted by molar-refractivity contribution is 0.0992. The van der Waals surface area contributed by atoms with Crippen molar-refractivity contribution in [1.29, 1.82) is 0 Å². The molecule has 0 aliphatic heterocycles. The fourth-order valence-corrected chi connectivity index (χ4v) is 4.40. The largest absolute Gasteiger partial charge is 0.294 e. The average molecular weight is 251 g/mol. The second-order valence-electron chi connectivity index (χ2n) is 3.21. The third kappa shape index (κ3) is 1.39. The van der Waals surface area contributed by atoms with Crippen LogP contribution in [0.4, 0.5) is 0 Å². The van der Waals surface area contributed by atoms with Crippen molar-refractivity contribution in [3.05, 3.63) is 15.5 Å². The molecule has 3 nitrogen and oxygen atoms in total. The van der Waals surface area contributed by atoms with Gasteiger partial charge in [-0.3, -0.25) is 4.79 Å². The number of ketones is 1. The second-order valence-corrected chi connectivity index (χ2v) is 7.05. The van der Waals surface area contributed by atoms with E-state index in [1.165, 1.54) is 0 Å². The summed E-state index contributed by atoms with van der Waals surface area (Å²) in [5.41, 5.74) is 1.05. The molecule has 14 heavy (non-hydrogen) atoms. The molecule has 2 rings (SSSR count). The van der Waals surface area contributed by atoms with Crippen LogP contribution in [0.3, 0.4) is 0 Å². The number of fused-ring (bicyclic) bond motifs is 1. The van der Waals surface area contributed by atoms with Gasteiger partial charge in [0, 0.05) is 12.7 Å². The second kappa shape index (κ2) is 3.05. The van der Waals surface area contributed by atoms with Gasteiger partial charge in [-0.1, -0.05) is 11.6 Å². The Balaban J connectivity index is 2.77. The van der Waals surface area contributed by atoms with Crippen LogP contribution in [0.1, 0.15) is 22.3 Å². The number of Topliss-reactive ketones (excluding diaryl/α,β-unsaturated/α-hetero) is 1. The smallest absolute Gasteiger partial charge is 0.185 e. The molecule has 0 spiro atoms. The molecule has 1 aliphatic carbocycles. The van der Waals surface area contributed by atoms with Gasteiger partial charge in [-0.15, -0.1) is 11.3 Å².